The second kappa shape index (κ2) is 10.7. The van der Waals surface area contributed by atoms with E-state index in [0.717, 1.165) is 0 Å². The predicted octanol–water partition coefficient (Wildman–Crippen LogP) is 3.90. The van der Waals surface area contributed by atoms with Gasteiger partial charge in [-0.05, 0) is 48.5 Å². The van der Waals surface area contributed by atoms with Gasteiger partial charge in [-0.15, -0.1) is 6.42 Å². The van der Waals surface area contributed by atoms with Gasteiger partial charge in [-0.3, -0.25) is 4.57 Å². The van der Waals surface area contributed by atoms with Gasteiger partial charge in [0.2, 0.25) is 0 Å². The fourth-order valence-corrected chi connectivity index (χ4v) is 3.73. The number of esters is 2. The smallest absolute Gasteiger partial charge is 0.349 e. The number of hydrogen-bond acceptors (Lipinski definition) is 7. The van der Waals surface area contributed by atoms with Crippen LogP contribution in [-0.4, -0.2) is 40.3 Å². The summed E-state index contributed by atoms with van der Waals surface area (Å²) in [6.45, 7) is -0.229. The zero-order chi connectivity index (χ0) is 24.9. The molecule has 35 heavy (non-hydrogen) atoms. The van der Waals surface area contributed by atoms with E-state index >= 15 is 0 Å². The van der Waals surface area contributed by atoms with E-state index in [1.54, 1.807) is 24.3 Å². The lowest BCUT2D eigenvalue weighted by Gasteiger charge is -2.19. The van der Waals surface area contributed by atoms with E-state index in [4.69, 9.17) is 43.8 Å². The van der Waals surface area contributed by atoms with Crippen LogP contribution in [0.5, 0.6) is 0 Å². The van der Waals surface area contributed by atoms with Gasteiger partial charge in [-0.2, -0.15) is 0 Å². The lowest BCUT2D eigenvalue weighted by atomic mass is 10.1. The molecule has 10 heteroatoms. The van der Waals surface area contributed by atoms with Gasteiger partial charge in [0.25, 0.3) is 0 Å². The highest BCUT2D eigenvalue weighted by molar-refractivity contribution is 6.31. The predicted molar refractivity (Wildman–Crippen MR) is 127 cm³/mol. The van der Waals surface area contributed by atoms with E-state index in [1.807, 2.05) is 0 Å². The van der Waals surface area contributed by atoms with Crippen molar-refractivity contribution in [2.75, 3.05) is 6.61 Å². The first-order valence-electron chi connectivity index (χ1n) is 10.4. The van der Waals surface area contributed by atoms with Crippen molar-refractivity contribution in [3.05, 3.63) is 98.1 Å². The van der Waals surface area contributed by atoms with Gasteiger partial charge in [0.05, 0.1) is 16.7 Å². The maximum absolute atomic E-state index is 12.7. The van der Waals surface area contributed by atoms with Gasteiger partial charge in [-0.25, -0.2) is 19.4 Å². The molecule has 4 rings (SSSR count). The highest BCUT2D eigenvalue weighted by Gasteiger charge is 2.40. The zero-order valence-electron chi connectivity index (χ0n) is 18.1. The Labute approximate surface area is 210 Å². The standard InChI is InChI=1S/C25H18Cl2N2O6/c1-2-15-12-28-25(32)29(13-15)22-11-20(35-24(31)17-5-9-19(27)10-6-17)21(34-22)14-33-23(30)16-3-7-18(26)8-4-16/h1,3-10,12-13,20-22H,11,14H2/t20-,21+,22-/m0/s1. The third-order valence-corrected chi connectivity index (χ3v) is 5.77. The number of carbonyl (C=O) groups is 2. The summed E-state index contributed by atoms with van der Waals surface area (Å²) >= 11 is 11.7. The van der Waals surface area contributed by atoms with Crippen LogP contribution in [0.4, 0.5) is 0 Å². The number of benzene rings is 2. The van der Waals surface area contributed by atoms with Crippen molar-refractivity contribution >= 4 is 35.1 Å². The van der Waals surface area contributed by atoms with Gasteiger partial charge in [0.1, 0.15) is 25.0 Å². The van der Waals surface area contributed by atoms with Gasteiger partial charge in [0.15, 0.2) is 0 Å². The van der Waals surface area contributed by atoms with E-state index in [1.165, 1.54) is 41.2 Å². The molecule has 0 amide bonds. The van der Waals surface area contributed by atoms with Crippen LogP contribution in [0, 0.1) is 12.3 Å². The Balaban J connectivity index is 1.53. The normalized spacial score (nSPS) is 19.1. The average Bonchev–Trinajstić information content (AvgIpc) is 3.25. The van der Waals surface area contributed by atoms with E-state index < -0.39 is 36.1 Å². The SMILES string of the molecule is C#Cc1cnc(=O)n([C@@H]2C[C@H](OC(=O)c3ccc(Cl)cc3)[C@@H](COC(=O)c3ccc(Cl)cc3)O2)c1. The van der Waals surface area contributed by atoms with E-state index in [0.29, 0.717) is 21.2 Å². The van der Waals surface area contributed by atoms with Crippen molar-refractivity contribution in [3.63, 3.8) is 0 Å². The van der Waals surface area contributed by atoms with Crippen LogP contribution in [0.1, 0.15) is 38.9 Å². The van der Waals surface area contributed by atoms with Crippen LogP contribution in [0.15, 0.2) is 65.7 Å². The molecule has 0 aliphatic carbocycles. The Morgan fingerprint density at radius 1 is 1.06 bits per heavy atom. The molecular weight excluding hydrogens is 495 g/mol. The summed E-state index contributed by atoms with van der Waals surface area (Å²) in [6, 6.07) is 12.4. The summed E-state index contributed by atoms with van der Waals surface area (Å²) in [7, 11) is 0. The number of rotatable bonds is 6. The molecule has 1 fully saturated rings. The maximum atomic E-state index is 12.7. The van der Waals surface area contributed by atoms with E-state index in [2.05, 4.69) is 10.9 Å². The molecule has 1 aliphatic heterocycles. The quantitative estimate of drug-likeness (QED) is 0.364. The second-order valence-electron chi connectivity index (χ2n) is 7.60. The molecule has 1 aliphatic rings. The fraction of sp³-hybridized carbons (Fsp3) is 0.200. The van der Waals surface area contributed by atoms with Crippen molar-refractivity contribution in [2.45, 2.75) is 24.9 Å². The first-order chi connectivity index (χ1) is 16.8. The molecule has 3 aromatic rings. The van der Waals surface area contributed by atoms with E-state index in [-0.39, 0.29) is 18.6 Å². The number of aromatic nitrogens is 2. The number of carbonyl (C=O) groups excluding carboxylic acids is 2. The molecule has 8 nitrogen and oxygen atoms in total. The topological polar surface area (TPSA) is 96.7 Å². The summed E-state index contributed by atoms with van der Waals surface area (Å²) in [5.74, 6) is 1.18. The third-order valence-electron chi connectivity index (χ3n) is 5.27. The third kappa shape index (κ3) is 5.89. The van der Waals surface area contributed by atoms with Gasteiger partial charge in [0, 0.05) is 28.9 Å². The Hall–Kier alpha value is -3.64. The van der Waals surface area contributed by atoms with Gasteiger partial charge in [-0.1, -0.05) is 29.1 Å². The van der Waals surface area contributed by atoms with Crippen LogP contribution in [0.3, 0.4) is 0 Å². The monoisotopic (exact) mass is 512 g/mol. The highest BCUT2D eigenvalue weighted by Crippen LogP contribution is 2.31. The van der Waals surface area contributed by atoms with Crippen molar-refractivity contribution < 1.29 is 23.8 Å². The molecule has 2 heterocycles. The number of halogens is 2. The minimum Gasteiger partial charge on any atom is -0.459 e. The average molecular weight is 513 g/mol. The Morgan fingerprint density at radius 3 is 2.26 bits per heavy atom. The van der Waals surface area contributed by atoms with Crippen LogP contribution in [-0.2, 0) is 14.2 Å². The number of hydrogen-bond donors (Lipinski definition) is 0. The molecule has 0 saturated carbocycles. The van der Waals surface area contributed by atoms with Gasteiger partial charge < -0.3 is 14.2 Å². The molecule has 3 atom stereocenters. The Morgan fingerprint density at radius 2 is 1.66 bits per heavy atom. The minimum atomic E-state index is -0.853. The number of terminal acetylenes is 1. The Kier molecular flexibility index (Phi) is 7.51. The highest BCUT2D eigenvalue weighted by atomic mass is 35.5. The van der Waals surface area contributed by atoms with E-state index in [9.17, 15) is 14.4 Å². The summed E-state index contributed by atoms with van der Waals surface area (Å²) in [5, 5.41) is 0.948. The first kappa shape index (κ1) is 24.5. The fourth-order valence-electron chi connectivity index (χ4n) is 3.47. The van der Waals surface area contributed by atoms with Crippen molar-refractivity contribution in [2.24, 2.45) is 0 Å². The number of nitrogens with zero attached hydrogens (tertiary/aromatic N) is 2. The largest absolute Gasteiger partial charge is 0.459 e. The lowest BCUT2D eigenvalue weighted by Crippen LogP contribution is -2.32. The van der Waals surface area contributed by atoms with Crippen LogP contribution < -0.4 is 5.69 Å². The molecule has 1 saturated heterocycles. The Bertz CT molecular complexity index is 1330. The maximum Gasteiger partial charge on any atom is 0.349 e. The number of ether oxygens (including phenoxy) is 3. The van der Waals surface area contributed by atoms with Crippen molar-refractivity contribution in [1.29, 1.82) is 0 Å². The first-order valence-corrected chi connectivity index (χ1v) is 11.2. The summed E-state index contributed by atoms with van der Waals surface area (Å²) in [5.41, 5.74) is 0.361. The summed E-state index contributed by atoms with van der Waals surface area (Å²) in [4.78, 5) is 41.2. The molecule has 1 aromatic heterocycles. The molecule has 178 valence electrons. The van der Waals surface area contributed by atoms with Crippen LogP contribution in [0.2, 0.25) is 10.0 Å². The molecule has 0 unspecified atom stereocenters. The second-order valence-corrected chi connectivity index (χ2v) is 8.47. The molecule has 0 radical (unpaired) electrons. The molecule has 0 spiro atoms. The van der Waals surface area contributed by atoms with Gasteiger partial charge >= 0.3 is 17.6 Å². The molecular formula is C25H18Cl2N2O6. The molecule has 2 aromatic carbocycles. The van der Waals surface area contributed by atoms with Crippen LogP contribution >= 0.6 is 23.2 Å². The summed E-state index contributed by atoms with van der Waals surface area (Å²) < 4.78 is 18.2. The molecule has 0 bridgehead atoms. The van der Waals surface area contributed by atoms with Crippen LogP contribution in [0.25, 0.3) is 0 Å². The lowest BCUT2D eigenvalue weighted by molar-refractivity contribution is -0.0582. The molecule has 0 N–H and O–H groups in total. The van der Waals surface area contributed by atoms with Crippen molar-refractivity contribution in [1.82, 2.24) is 9.55 Å². The summed E-state index contributed by atoms with van der Waals surface area (Å²) in [6.07, 6.45) is 5.71. The van der Waals surface area contributed by atoms with Crippen molar-refractivity contribution in [3.8, 4) is 12.3 Å². The zero-order valence-corrected chi connectivity index (χ0v) is 19.6. The minimum absolute atomic E-state index is 0.109.